The molecule has 0 spiro atoms. The van der Waals surface area contributed by atoms with Crippen LogP contribution < -0.4 is 0 Å². The van der Waals surface area contributed by atoms with Crippen LogP contribution in [0, 0.1) is 0 Å². The summed E-state index contributed by atoms with van der Waals surface area (Å²) < 4.78 is 1.71. The Morgan fingerprint density at radius 2 is 2.44 bits per heavy atom. The van der Waals surface area contributed by atoms with Gasteiger partial charge in [0.2, 0.25) is 0 Å². The van der Waals surface area contributed by atoms with Crippen LogP contribution in [-0.4, -0.2) is 0 Å². The molecule has 0 heterocycles. The van der Waals surface area contributed by atoms with E-state index in [9.17, 15) is 0 Å². The topological polar surface area (TPSA) is 0 Å². The van der Waals surface area contributed by atoms with Crippen molar-refractivity contribution in [1.82, 2.24) is 0 Å². The SMILES string of the molecule is CCCC1=[C]([Hf])CC=C1. The van der Waals surface area contributed by atoms with E-state index in [1.165, 1.54) is 43.6 Å². The van der Waals surface area contributed by atoms with E-state index in [1.54, 1.807) is 8.90 Å². The third kappa shape index (κ3) is 1.89. The molecule has 0 atom stereocenters. The Kier molecular flexibility index (Phi) is 2.90. The van der Waals surface area contributed by atoms with Crippen LogP contribution in [0.2, 0.25) is 0 Å². The molecule has 1 heteroatoms. The van der Waals surface area contributed by atoms with Crippen LogP contribution in [0.15, 0.2) is 21.1 Å². The maximum atomic E-state index is 2.30. The van der Waals surface area contributed by atoms with E-state index in [1.807, 2.05) is 0 Å². The Hall–Kier alpha value is 0.350. The van der Waals surface area contributed by atoms with Gasteiger partial charge in [0.25, 0.3) is 0 Å². The fourth-order valence-corrected chi connectivity index (χ4v) is 2.23. The zero-order chi connectivity index (χ0) is 6.69. The molecule has 0 saturated carbocycles. The van der Waals surface area contributed by atoms with Gasteiger partial charge >= 0.3 is 71.6 Å². The van der Waals surface area contributed by atoms with Gasteiger partial charge in [-0.3, -0.25) is 0 Å². The average molecular weight is 286 g/mol. The molecule has 47 valence electrons. The minimum atomic E-state index is 1.25. The standard InChI is InChI=1S/C8H11.Hf/c1-2-5-8-6-3-4-7-8;/h3,6H,2,4-5H2,1H3;. The van der Waals surface area contributed by atoms with E-state index in [4.69, 9.17) is 0 Å². The van der Waals surface area contributed by atoms with Gasteiger partial charge in [-0.1, -0.05) is 0 Å². The van der Waals surface area contributed by atoms with Crippen LogP contribution >= 0.6 is 0 Å². The molecule has 0 fully saturated rings. The second-order valence-electron chi connectivity index (χ2n) is 2.36. The molecule has 0 aromatic carbocycles. The Labute approximate surface area is 71.6 Å². The third-order valence-electron chi connectivity index (χ3n) is 1.55. The molecule has 0 saturated heterocycles. The fraction of sp³-hybridized carbons (Fsp3) is 0.500. The van der Waals surface area contributed by atoms with Crippen LogP contribution in [0.5, 0.6) is 0 Å². The Morgan fingerprint density at radius 3 is 2.89 bits per heavy atom. The van der Waals surface area contributed by atoms with Crippen LogP contribution in [0.4, 0.5) is 0 Å². The number of hydrogen-bond acceptors (Lipinski definition) is 0. The number of rotatable bonds is 2. The van der Waals surface area contributed by atoms with Crippen LogP contribution in [0.3, 0.4) is 0 Å². The van der Waals surface area contributed by atoms with Gasteiger partial charge in [-0.2, -0.15) is 0 Å². The van der Waals surface area contributed by atoms with Crippen molar-refractivity contribution in [2.24, 2.45) is 0 Å². The molecule has 0 bridgehead atoms. The molecule has 0 N–H and O–H groups in total. The van der Waals surface area contributed by atoms with Crippen LogP contribution in [0.25, 0.3) is 0 Å². The van der Waals surface area contributed by atoms with Gasteiger partial charge in [0.05, 0.1) is 0 Å². The molecular weight excluding hydrogens is 275 g/mol. The van der Waals surface area contributed by atoms with E-state index >= 15 is 0 Å². The molecule has 1 aliphatic rings. The van der Waals surface area contributed by atoms with Crippen molar-refractivity contribution >= 4 is 0 Å². The summed E-state index contributed by atoms with van der Waals surface area (Å²) in [4.78, 5) is 0. The van der Waals surface area contributed by atoms with Crippen LogP contribution in [-0.2, 0) is 24.4 Å². The molecule has 0 aromatic heterocycles. The molecule has 0 amide bonds. The summed E-state index contributed by atoms with van der Waals surface area (Å²) in [6.07, 6.45) is 8.43. The zero-order valence-corrected chi connectivity index (χ0v) is 9.37. The van der Waals surface area contributed by atoms with Crippen molar-refractivity contribution in [3.8, 4) is 0 Å². The summed E-state index contributed by atoms with van der Waals surface area (Å²) in [5, 5.41) is 0. The van der Waals surface area contributed by atoms with Crippen molar-refractivity contribution in [2.75, 3.05) is 0 Å². The van der Waals surface area contributed by atoms with E-state index in [2.05, 4.69) is 19.1 Å². The van der Waals surface area contributed by atoms with Gasteiger partial charge in [-0.25, -0.2) is 0 Å². The van der Waals surface area contributed by atoms with E-state index in [0.717, 1.165) is 0 Å². The first-order valence-electron chi connectivity index (χ1n) is 3.44. The molecule has 0 unspecified atom stereocenters. The monoisotopic (exact) mass is 287 g/mol. The zero-order valence-electron chi connectivity index (χ0n) is 5.78. The summed E-state index contributed by atoms with van der Waals surface area (Å²) in [5.41, 5.74) is 1.63. The summed E-state index contributed by atoms with van der Waals surface area (Å²) in [7, 11) is 0. The van der Waals surface area contributed by atoms with Gasteiger partial charge in [-0.15, -0.1) is 0 Å². The number of hydrogen-bond donors (Lipinski definition) is 0. The van der Waals surface area contributed by atoms with Crippen molar-refractivity contribution in [3.63, 3.8) is 0 Å². The van der Waals surface area contributed by atoms with Gasteiger partial charge in [0.1, 0.15) is 0 Å². The van der Waals surface area contributed by atoms with Crippen LogP contribution in [0.1, 0.15) is 26.2 Å². The Morgan fingerprint density at radius 1 is 1.67 bits per heavy atom. The van der Waals surface area contributed by atoms with Gasteiger partial charge in [-0.05, 0) is 0 Å². The van der Waals surface area contributed by atoms with Gasteiger partial charge in [0.15, 0.2) is 0 Å². The second-order valence-corrected chi connectivity index (χ2v) is 4.53. The number of allylic oxidation sites excluding steroid dienone is 4. The average Bonchev–Trinajstić information content (AvgIpc) is 2.18. The molecule has 1 rings (SSSR count). The summed E-state index contributed by atoms with van der Waals surface area (Å²) in [6.45, 7) is 2.24. The normalized spacial score (nSPS) is 17.3. The molecule has 0 nitrogen and oxygen atoms in total. The summed E-state index contributed by atoms with van der Waals surface area (Å²) in [6, 6.07) is 0. The van der Waals surface area contributed by atoms with Crippen molar-refractivity contribution in [3.05, 3.63) is 21.1 Å². The Balaban J connectivity index is 2.54. The van der Waals surface area contributed by atoms with Gasteiger partial charge in [0, 0.05) is 0 Å². The first kappa shape index (κ1) is 7.46. The maximum absolute atomic E-state index is 2.30. The molecular formula is C8H11Hf. The first-order valence-corrected chi connectivity index (χ1v) is 5.24. The predicted octanol–water partition coefficient (Wildman–Crippen LogP) is 2.55. The van der Waals surface area contributed by atoms with Gasteiger partial charge < -0.3 is 0 Å². The second kappa shape index (κ2) is 3.50. The van der Waals surface area contributed by atoms with E-state index < -0.39 is 0 Å². The molecule has 0 aliphatic heterocycles. The molecule has 0 radical (unpaired) electrons. The summed E-state index contributed by atoms with van der Waals surface area (Å²) >= 11 is 1.27. The summed E-state index contributed by atoms with van der Waals surface area (Å²) in [5.74, 6) is 0. The van der Waals surface area contributed by atoms with Crippen molar-refractivity contribution < 1.29 is 24.4 Å². The predicted molar refractivity (Wildman–Crippen MR) is 35.7 cm³/mol. The van der Waals surface area contributed by atoms with E-state index in [-0.39, 0.29) is 0 Å². The minimum absolute atomic E-state index is 1.25. The molecule has 9 heavy (non-hydrogen) atoms. The van der Waals surface area contributed by atoms with Crippen molar-refractivity contribution in [2.45, 2.75) is 26.2 Å². The quantitative estimate of drug-likeness (QED) is 0.684. The molecule has 1 aliphatic carbocycles. The fourth-order valence-electron chi connectivity index (χ4n) is 1.05. The van der Waals surface area contributed by atoms with E-state index in [0.29, 0.717) is 0 Å². The molecule has 0 aromatic rings. The van der Waals surface area contributed by atoms with Crippen molar-refractivity contribution in [1.29, 1.82) is 0 Å². The first-order chi connectivity index (χ1) is 4.34. The third-order valence-corrected chi connectivity index (χ3v) is 3.43. The Bertz CT molecular complexity index is 154.